The fourth-order valence-electron chi connectivity index (χ4n) is 2.78. The van der Waals surface area contributed by atoms with E-state index in [2.05, 4.69) is 6.92 Å². The zero-order chi connectivity index (χ0) is 17.9. The lowest BCUT2D eigenvalue weighted by Gasteiger charge is -2.32. The highest BCUT2D eigenvalue weighted by Gasteiger charge is 2.31. The maximum Gasteiger partial charge on any atom is 0.282 e. The molecule has 0 fully saturated rings. The minimum atomic E-state index is -0.825. The van der Waals surface area contributed by atoms with Crippen molar-refractivity contribution in [2.24, 2.45) is 0 Å². The molecule has 4 heteroatoms. The van der Waals surface area contributed by atoms with Gasteiger partial charge in [0.15, 0.2) is 0 Å². The molecule has 0 saturated heterocycles. The Kier molecular flexibility index (Phi) is 17.5. The highest BCUT2D eigenvalue weighted by atomic mass is 16.9. The lowest BCUT2D eigenvalue weighted by atomic mass is 10.1. The van der Waals surface area contributed by atoms with Crippen molar-refractivity contribution in [3.05, 3.63) is 0 Å². The van der Waals surface area contributed by atoms with Crippen molar-refractivity contribution in [2.75, 3.05) is 33.0 Å². The summed E-state index contributed by atoms with van der Waals surface area (Å²) in [5.74, 6) is -0.825. The van der Waals surface area contributed by atoms with Gasteiger partial charge >= 0.3 is 0 Å². The smallest absolute Gasteiger partial charge is 0.282 e. The first-order valence-corrected chi connectivity index (χ1v) is 10.2. The highest BCUT2D eigenvalue weighted by Crippen LogP contribution is 2.24. The van der Waals surface area contributed by atoms with Gasteiger partial charge in [0.25, 0.3) is 5.97 Å². The number of hydrogen-bond donors (Lipinski definition) is 0. The Bertz CT molecular complexity index is 229. The lowest BCUT2D eigenvalue weighted by molar-refractivity contribution is -0.380. The van der Waals surface area contributed by atoms with E-state index in [1.807, 2.05) is 20.8 Å². The summed E-state index contributed by atoms with van der Waals surface area (Å²) in [6, 6.07) is 0. The Hall–Kier alpha value is -0.160. The second-order valence-corrected chi connectivity index (χ2v) is 6.17. The fraction of sp³-hybridized carbons (Fsp3) is 1.00. The van der Waals surface area contributed by atoms with Crippen LogP contribution in [0.1, 0.15) is 91.9 Å². The lowest BCUT2D eigenvalue weighted by Crippen LogP contribution is -2.39. The molecule has 0 bridgehead atoms. The summed E-state index contributed by atoms with van der Waals surface area (Å²) in [5.41, 5.74) is 0. The topological polar surface area (TPSA) is 36.9 Å². The normalized spacial score (nSPS) is 12.0. The van der Waals surface area contributed by atoms with E-state index in [1.165, 1.54) is 51.4 Å². The van der Waals surface area contributed by atoms with Crippen molar-refractivity contribution in [1.82, 2.24) is 0 Å². The molecule has 0 aromatic heterocycles. The molecule has 0 spiro atoms. The number of rotatable bonds is 19. The number of unbranched alkanes of at least 4 members (excludes halogenated alkanes) is 7. The summed E-state index contributed by atoms with van der Waals surface area (Å²) in [6.45, 7) is 11.8. The van der Waals surface area contributed by atoms with Crippen molar-refractivity contribution in [3.63, 3.8) is 0 Å². The van der Waals surface area contributed by atoms with Gasteiger partial charge < -0.3 is 18.9 Å². The third kappa shape index (κ3) is 13.2. The van der Waals surface area contributed by atoms with Crippen LogP contribution in [0.25, 0.3) is 0 Å². The van der Waals surface area contributed by atoms with Gasteiger partial charge in [-0.25, -0.2) is 0 Å². The molecule has 0 heterocycles. The van der Waals surface area contributed by atoms with Gasteiger partial charge in [-0.3, -0.25) is 0 Å². The maximum absolute atomic E-state index is 5.75. The minimum absolute atomic E-state index is 0.611. The van der Waals surface area contributed by atoms with Gasteiger partial charge in [0.05, 0.1) is 0 Å². The molecule has 0 aromatic carbocycles. The van der Waals surface area contributed by atoms with Crippen LogP contribution in [0.3, 0.4) is 0 Å². The molecule has 146 valence electrons. The summed E-state index contributed by atoms with van der Waals surface area (Å²) in [5, 5.41) is 0. The van der Waals surface area contributed by atoms with E-state index in [0.717, 1.165) is 26.1 Å². The Morgan fingerprint density at radius 3 is 1.50 bits per heavy atom. The zero-order valence-electron chi connectivity index (χ0n) is 16.7. The standard InChI is InChI=1S/C20H42O4/c1-5-9-18-21-19-16-14-12-10-11-13-15-17-20(22-6-2,23-7-3)24-8-4/h5-19H2,1-4H3. The maximum atomic E-state index is 5.75. The van der Waals surface area contributed by atoms with E-state index >= 15 is 0 Å². The van der Waals surface area contributed by atoms with Crippen molar-refractivity contribution in [3.8, 4) is 0 Å². The SMILES string of the molecule is CCCCOCCCCCCCCCC(OCC)(OCC)OCC. The molecule has 0 aliphatic rings. The number of hydrogen-bond acceptors (Lipinski definition) is 4. The van der Waals surface area contributed by atoms with Gasteiger partial charge in [-0.05, 0) is 40.0 Å². The first kappa shape index (κ1) is 23.8. The van der Waals surface area contributed by atoms with E-state index < -0.39 is 5.97 Å². The second kappa shape index (κ2) is 17.7. The van der Waals surface area contributed by atoms with Crippen LogP contribution in [0.5, 0.6) is 0 Å². The Balaban J connectivity index is 3.60. The molecule has 0 N–H and O–H groups in total. The quantitative estimate of drug-likeness (QED) is 0.222. The molecule has 0 amide bonds. The Labute approximate surface area is 150 Å². The molecule has 4 nitrogen and oxygen atoms in total. The summed E-state index contributed by atoms with van der Waals surface area (Å²) < 4.78 is 22.8. The average Bonchev–Trinajstić information content (AvgIpc) is 2.56. The van der Waals surface area contributed by atoms with Crippen LogP contribution in [-0.2, 0) is 18.9 Å². The molecule has 0 aromatic rings. The zero-order valence-corrected chi connectivity index (χ0v) is 16.7. The van der Waals surface area contributed by atoms with Crippen LogP contribution in [0.15, 0.2) is 0 Å². The summed E-state index contributed by atoms with van der Waals surface area (Å²) in [6.07, 6.45) is 11.9. The predicted octanol–water partition coefficient (Wildman–Crippen LogP) is 5.69. The average molecular weight is 347 g/mol. The summed E-state index contributed by atoms with van der Waals surface area (Å²) in [4.78, 5) is 0. The van der Waals surface area contributed by atoms with E-state index in [0.29, 0.717) is 19.8 Å². The minimum Gasteiger partial charge on any atom is -0.381 e. The van der Waals surface area contributed by atoms with Crippen molar-refractivity contribution in [1.29, 1.82) is 0 Å². The monoisotopic (exact) mass is 346 g/mol. The van der Waals surface area contributed by atoms with Crippen LogP contribution in [0, 0.1) is 0 Å². The molecular weight excluding hydrogens is 304 g/mol. The molecule has 0 saturated carbocycles. The summed E-state index contributed by atoms with van der Waals surface area (Å²) in [7, 11) is 0. The van der Waals surface area contributed by atoms with Crippen LogP contribution in [0.2, 0.25) is 0 Å². The molecule has 0 unspecified atom stereocenters. The van der Waals surface area contributed by atoms with Crippen molar-refractivity contribution in [2.45, 2.75) is 97.9 Å². The van der Waals surface area contributed by atoms with Gasteiger partial charge in [0.2, 0.25) is 0 Å². The van der Waals surface area contributed by atoms with E-state index in [-0.39, 0.29) is 0 Å². The molecule has 0 aliphatic heterocycles. The van der Waals surface area contributed by atoms with E-state index in [9.17, 15) is 0 Å². The molecule has 0 aliphatic carbocycles. The fourth-order valence-corrected chi connectivity index (χ4v) is 2.78. The summed E-state index contributed by atoms with van der Waals surface area (Å²) >= 11 is 0. The largest absolute Gasteiger partial charge is 0.381 e. The molecule has 0 radical (unpaired) electrons. The predicted molar refractivity (Wildman–Crippen MR) is 100 cm³/mol. The van der Waals surface area contributed by atoms with Crippen LogP contribution < -0.4 is 0 Å². The van der Waals surface area contributed by atoms with Crippen molar-refractivity contribution < 1.29 is 18.9 Å². The molecule has 0 atom stereocenters. The second-order valence-electron chi connectivity index (χ2n) is 6.17. The van der Waals surface area contributed by atoms with E-state index in [1.54, 1.807) is 0 Å². The highest BCUT2D eigenvalue weighted by molar-refractivity contribution is 4.59. The third-order valence-corrected chi connectivity index (χ3v) is 4.01. The van der Waals surface area contributed by atoms with Gasteiger partial charge in [0.1, 0.15) is 0 Å². The van der Waals surface area contributed by atoms with Gasteiger partial charge in [0, 0.05) is 39.5 Å². The van der Waals surface area contributed by atoms with Gasteiger partial charge in [-0.15, -0.1) is 0 Å². The van der Waals surface area contributed by atoms with Crippen LogP contribution in [-0.4, -0.2) is 39.0 Å². The van der Waals surface area contributed by atoms with Crippen LogP contribution in [0.4, 0.5) is 0 Å². The van der Waals surface area contributed by atoms with Crippen molar-refractivity contribution >= 4 is 0 Å². The Morgan fingerprint density at radius 1 is 0.542 bits per heavy atom. The van der Waals surface area contributed by atoms with Gasteiger partial charge in [-0.2, -0.15) is 0 Å². The molecular formula is C20H42O4. The van der Waals surface area contributed by atoms with E-state index in [4.69, 9.17) is 18.9 Å². The third-order valence-electron chi connectivity index (χ3n) is 4.01. The first-order valence-electron chi connectivity index (χ1n) is 10.2. The van der Waals surface area contributed by atoms with Gasteiger partial charge in [-0.1, -0.05) is 45.4 Å². The molecule has 24 heavy (non-hydrogen) atoms. The number of ether oxygens (including phenoxy) is 4. The Morgan fingerprint density at radius 2 is 1.00 bits per heavy atom. The first-order chi connectivity index (χ1) is 11.7. The van der Waals surface area contributed by atoms with Crippen LogP contribution >= 0.6 is 0 Å². The molecule has 0 rings (SSSR count).